The summed E-state index contributed by atoms with van der Waals surface area (Å²) in [6.45, 7) is 0. The van der Waals surface area contributed by atoms with Gasteiger partial charge in [0.05, 0.1) is 5.69 Å². The van der Waals surface area contributed by atoms with Crippen molar-refractivity contribution in [2.45, 2.75) is 38.1 Å². The summed E-state index contributed by atoms with van der Waals surface area (Å²) in [5.41, 5.74) is 5.99. The van der Waals surface area contributed by atoms with E-state index < -0.39 is 0 Å². The van der Waals surface area contributed by atoms with Gasteiger partial charge in [0.2, 0.25) is 0 Å². The van der Waals surface area contributed by atoms with Crippen molar-refractivity contribution >= 4 is 28.7 Å². The SMILES string of the molecule is S=C(Nc1ccccc1)N(NC1C2CC3CC(C2)CC1C3)c1ccccc1. The van der Waals surface area contributed by atoms with Crippen LogP contribution in [-0.2, 0) is 0 Å². The van der Waals surface area contributed by atoms with Crippen molar-refractivity contribution in [3.63, 3.8) is 0 Å². The molecule has 2 aromatic carbocycles. The summed E-state index contributed by atoms with van der Waals surface area (Å²) in [7, 11) is 0. The second kappa shape index (κ2) is 7.25. The second-order valence-electron chi connectivity index (χ2n) is 8.55. The van der Waals surface area contributed by atoms with Crippen LogP contribution in [0.1, 0.15) is 32.1 Å². The predicted octanol–water partition coefficient (Wildman–Crippen LogP) is 5.22. The molecule has 4 heteroatoms. The summed E-state index contributed by atoms with van der Waals surface area (Å²) < 4.78 is 0. The highest BCUT2D eigenvalue weighted by molar-refractivity contribution is 7.80. The normalized spacial score (nSPS) is 30.9. The van der Waals surface area contributed by atoms with Gasteiger partial charge in [-0.15, -0.1) is 0 Å². The summed E-state index contributed by atoms with van der Waals surface area (Å²) in [4.78, 5) is 0. The molecule has 0 spiro atoms. The van der Waals surface area contributed by atoms with Crippen molar-refractivity contribution in [3.05, 3.63) is 60.7 Å². The number of nitrogens with zero attached hydrogens (tertiary/aromatic N) is 1. The summed E-state index contributed by atoms with van der Waals surface area (Å²) in [5, 5.41) is 6.22. The van der Waals surface area contributed by atoms with Gasteiger partial charge < -0.3 is 5.32 Å². The van der Waals surface area contributed by atoms with Gasteiger partial charge in [0, 0.05) is 11.7 Å². The maximum Gasteiger partial charge on any atom is 0.192 e. The maximum atomic E-state index is 5.82. The van der Waals surface area contributed by atoms with Crippen molar-refractivity contribution in [1.29, 1.82) is 0 Å². The zero-order chi connectivity index (χ0) is 18.2. The summed E-state index contributed by atoms with van der Waals surface area (Å²) >= 11 is 5.82. The number of nitrogens with one attached hydrogen (secondary N) is 2. The number of para-hydroxylation sites is 2. The summed E-state index contributed by atoms with van der Waals surface area (Å²) in [5.74, 6) is 3.55. The van der Waals surface area contributed by atoms with E-state index in [4.69, 9.17) is 12.2 Å². The number of hydrogen-bond acceptors (Lipinski definition) is 2. The lowest BCUT2D eigenvalue weighted by Crippen LogP contribution is -2.60. The molecule has 3 nitrogen and oxygen atoms in total. The Morgan fingerprint density at radius 2 is 1.33 bits per heavy atom. The van der Waals surface area contributed by atoms with Gasteiger partial charge >= 0.3 is 0 Å². The number of benzene rings is 2. The lowest BCUT2D eigenvalue weighted by atomic mass is 9.54. The number of hydrogen-bond donors (Lipinski definition) is 2. The molecule has 0 amide bonds. The van der Waals surface area contributed by atoms with E-state index in [1.54, 1.807) is 0 Å². The minimum atomic E-state index is 0.536. The van der Waals surface area contributed by atoms with Crippen molar-refractivity contribution in [1.82, 2.24) is 5.43 Å². The molecule has 4 saturated carbocycles. The molecule has 2 N–H and O–H groups in total. The van der Waals surface area contributed by atoms with Gasteiger partial charge in [-0.2, -0.15) is 0 Å². The maximum absolute atomic E-state index is 5.82. The van der Waals surface area contributed by atoms with E-state index >= 15 is 0 Å². The van der Waals surface area contributed by atoms with E-state index in [-0.39, 0.29) is 0 Å². The van der Waals surface area contributed by atoms with Gasteiger partial charge in [0.15, 0.2) is 5.11 Å². The van der Waals surface area contributed by atoms with Crippen molar-refractivity contribution < 1.29 is 0 Å². The fourth-order valence-corrected chi connectivity index (χ4v) is 6.09. The van der Waals surface area contributed by atoms with Crippen LogP contribution in [0.3, 0.4) is 0 Å². The molecule has 0 saturated heterocycles. The van der Waals surface area contributed by atoms with E-state index in [0.29, 0.717) is 11.2 Å². The second-order valence-corrected chi connectivity index (χ2v) is 8.94. The third-order valence-corrected chi connectivity index (χ3v) is 7.03. The van der Waals surface area contributed by atoms with Crippen molar-refractivity contribution in [2.24, 2.45) is 23.7 Å². The van der Waals surface area contributed by atoms with Gasteiger partial charge in [0.25, 0.3) is 0 Å². The van der Waals surface area contributed by atoms with Gasteiger partial charge in [-0.1, -0.05) is 36.4 Å². The van der Waals surface area contributed by atoms with Crippen LogP contribution in [0.4, 0.5) is 11.4 Å². The largest absolute Gasteiger partial charge is 0.331 e. The fourth-order valence-electron chi connectivity index (χ4n) is 5.81. The van der Waals surface area contributed by atoms with Gasteiger partial charge in [-0.25, -0.2) is 5.43 Å². The minimum absolute atomic E-state index is 0.536. The molecule has 0 heterocycles. The number of hydrazine groups is 1. The highest BCUT2D eigenvalue weighted by atomic mass is 32.1. The van der Waals surface area contributed by atoms with Crippen LogP contribution in [-0.4, -0.2) is 11.2 Å². The molecule has 2 aromatic rings. The molecule has 0 atom stereocenters. The molecule has 140 valence electrons. The fraction of sp³-hybridized carbons (Fsp3) is 0.435. The number of rotatable bonds is 4. The zero-order valence-electron chi connectivity index (χ0n) is 15.6. The van der Waals surface area contributed by atoms with E-state index in [1.165, 1.54) is 32.1 Å². The average Bonchev–Trinajstić information content (AvgIpc) is 2.68. The summed E-state index contributed by atoms with van der Waals surface area (Å²) in [6.07, 6.45) is 7.06. The van der Waals surface area contributed by atoms with E-state index in [1.807, 2.05) is 18.2 Å². The Bertz CT molecular complexity index is 764. The number of thiocarbonyl (C=S) groups is 1. The lowest BCUT2D eigenvalue weighted by Gasteiger charge is -2.55. The third-order valence-electron chi connectivity index (χ3n) is 6.75. The molecule has 0 unspecified atom stereocenters. The van der Waals surface area contributed by atoms with E-state index in [0.717, 1.165) is 35.0 Å². The summed E-state index contributed by atoms with van der Waals surface area (Å²) in [6, 6.07) is 21.2. The van der Waals surface area contributed by atoms with Crippen LogP contribution < -0.4 is 15.8 Å². The lowest BCUT2D eigenvalue weighted by molar-refractivity contribution is -0.0131. The van der Waals surface area contributed by atoms with Crippen molar-refractivity contribution in [2.75, 3.05) is 10.3 Å². The quantitative estimate of drug-likeness (QED) is 0.564. The van der Waals surface area contributed by atoms with Crippen LogP contribution in [0.5, 0.6) is 0 Å². The highest BCUT2D eigenvalue weighted by Gasteiger charge is 2.48. The average molecular weight is 378 g/mol. The Kier molecular flexibility index (Phi) is 4.62. The predicted molar refractivity (Wildman–Crippen MR) is 116 cm³/mol. The first-order valence-corrected chi connectivity index (χ1v) is 10.6. The third kappa shape index (κ3) is 3.48. The minimum Gasteiger partial charge on any atom is -0.331 e. The standard InChI is InChI=1S/C23H27N3S/c27-23(24-20-7-3-1-4-8-20)26(21-9-5-2-6-10-21)25-22-18-12-16-11-17(14-18)15-19(22)13-16/h1-10,16-19,22,25H,11-15H2,(H,24,27). The number of anilines is 2. The topological polar surface area (TPSA) is 27.3 Å². The molecule has 4 aliphatic rings. The Morgan fingerprint density at radius 3 is 1.93 bits per heavy atom. The van der Waals surface area contributed by atoms with Crippen LogP contribution in [0.15, 0.2) is 60.7 Å². The molecule has 0 aromatic heterocycles. The Hall–Kier alpha value is -1.91. The molecule has 27 heavy (non-hydrogen) atoms. The zero-order valence-corrected chi connectivity index (χ0v) is 16.4. The van der Waals surface area contributed by atoms with Crippen LogP contribution in [0.25, 0.3) is 0 Å². The first-order chi connectivity index (χ1) is 13.3. The Balaban J connectivity index is 1.38. The van der Waals surface area contributed by atoms with Gasteiger partial charge in [-0.3, -0.25) is 5.01 Å². The van der Waals surface area contributed by atoms with Gasteiger partial charge in [-0.05, 0) is 92.3 Å². The van der Waals surface area contributed by atoms with Crippen LogP contribution >= 0.6 is 12.2 Å². The molecule has 4 fully saturated rings. The molecule has 4 bridgehead atoms. The van der Waals surface area contributed by atoms with Gasteiger partial charge in [0.1, 0.15) is 0 Å². The Morgan fingerprint density at radius 1 is 0.778 bits per heavy atom. The molecular formula is C23H27N3S. The molecule has 6 rings (SSSR count). The first-order valence-electron chi connectivity index (χ1n) is 10.2. The molecule has 0 aliphatic heterocycles. The first kappa shape index (κ1) is 17.2. The van der Waals surface area contributed by atoms with Crippen LogP contribution in [0.2, 0.25) is 0 Å². The molecular weight excluding hydrogens is 350 g/mol. The van der Waals surface area contributed by atoms with E-state index in [9.17, 15) is 0 Å². The smallest absolute Gasteiger partial charge is 0.192 e. The van der Waals surface area contributed by atoms with Crippen molar-refractivity contribution in [3.8, 4) is 0 Å². The Labute approximate surface area is 167 Å². The molecule has 4 aliphatic carbocycles. The van der Waals surface area contributed by atoms with Crippen LogP contribution in [0, 0.1) is 23.7 Å². The van der Waals surface area contributed by atoms with E-state index in [2.05, 4.69) is 58.2 Å². The monoisotopic (exact) mass is 377 g/mol. The molecule has 0 radical (unpaired) electrons. The highest BCUT2D eigenvalue weighted by Crippen LogP contribution is 2.53.